The van der Waals surface area contributed by atoms with Gasteiger partial charge in [-0.2, -0.15) is 18.3 Å². The molecular weight excluding hydrogens is 487 g/mol. The topological polar surface area (TPSA) is 92.2 Å². The van der Waals surface area contributed by atoms with Crippen molar-refractivity contribution >= 4 is 28.5 Å². The molecule has 3 heterocycles. The van der Waals surface area contributed by atoms with Gasteiger partial charge < -0.3 is 15.5 Å². The number of pyridine rings is 1. The maximum absolute atomic E-state index is 14.7. The third kappa shape index (κ3) is 4.95. The van der Waals surface area contributed by atoms with E-state index in [1.165, 1.54) is 11.1 Å². The van der Waals surface area contributed by atoms with E-state index < -0.39 is 42.7 Å². The summed E-state index contributed by atoms with van der Waals surface area (Å²) in [5.41, 5.74) is 0.253. The summed E-state index contributed by atoms with van der Waals surface area (Å²) >= 11 is 0. The van der Waals surface area contributed by atoms with Crippen molar-refractivity contribution in [1.29, 1.82) is 0 Å². The summed E-state index contributed by atoms with van der Waals surface area (Å²) in [5, 5.41) is 8.93. The van der Waals surface area contributed by atoms with E-state index in [0.717, 1.165) is 29.7 Å². The summed E-state index contributed by atoms with van der Waals surface area (Å²) in [6.45, 7) is -1.93. The van der Waals surface area contributed by atoms with Gasteiger partial charge in [-0.25, -0.2) is 13.8 Å². The maximum atomic E-state index is 14.7. The van der Waals surface area contributed by atoms with Crippen LogP contribution in [0.25, 0.3) is 10.9 Å². The number of anilines is 1. The Bertz CT molecular complexity index is 1330. The van der Waals surface area contributed by atoms with Crippen LogP contribution in [-0.2, 0) is 11.3 Å². The molecule has 1 aliphatic carbocycles. The number of hydrogen-bond acceptors (Lipinski definition) is 5. The molecule has 1 aliphatic heterocycles. The molecule has 36 heavy (non-hydrogen) atoms. The number of benzene rings is 1. The number of amides is 2. The Morgan fingerprint density at radius 3 is 2.50 bits per heavy atom. The first-order chi connectivity index (χ1) is 17.1. The Kier molecular flexibility index (Phi) is 6.00. The van der Waals surface area contributed by atoms with Crippen molar-refractivity contribution in [3.8, 4) is 0 Å². The number of likely N-dealkylation sites (tertiary alicyclic amines) is 1. The molecule has 0 bridgehead atoms. The van der Waals surface area contributed by atoms with Gasteiger partial charge in [-0.15, -0.1) is 0 Å². The van der Waals surface area contributed by atoms with Gasteiger partial charge in [0, 0.05) is 36.8 Å². The number of rotatable bonds is 7. The van der Waals surface area contributed by atoms with Gasteiger partial charge in [0.15, 0.2) is 0 Å². The predicted molar refractivity (Wildman–Crippen MR) is 118 cm³/mol. The summed E-state index contributed by atoms with van der Waals surface area (Å²) in [5.74, 6) is -2.80. The van der Waals surface area contributed by atoms with Gasteiger partial charge in [0.2, 0.25) is 5.91 Å². The lowest BCUT2D eigenvalue weighted by molar-refractivity contribution is -0.138. The molecule has 1 aromatic carbocycles. The SMILES string of the molecule is O=C(Cn1nc(C2CN(C(=O)c3ccnc(NC4CC4)c3)C2)c2c(F)ccc(F)c21)NCC(F)(F)F. The summed E-state index contributed by atoms with van der Waals surface area (Å²) in [4.78, 5) is 30.7. The average Bonchev–Trinajstić information content (AvgIpc) is 3.53. The van der Waals surface area contributed by atoms with Crippen LogP contribution < -0.4 is 10.6 Å². The Balaban J connectivity index is 1.33. The maximum Gasteiger partial charge on any atom is 0.405 e. The van der Waals surface area contributed by atoms with E-state index in [0.29, 0.717) is 17.4 Å². The molecule has 1 saturated heterocycles. The first-order valence-electron chi connectivity index (χ1n) is 11.3. The van der Waals surface area contributed by atoms with Crippen molar-refractivity contribution < 1.29 is 31.5 Å². The number of fused-ring (bicyclic) bond motifs is 1. The lowest BCUT2D eigenvalue weighted by Crippen LogP contribution is -2.48. The minimum absolute atomic E-state index is 0.139. The lowest BCUT2D eigenvalue weighted by Gasteiger charge is -2.38. The molecule has 2 amide bonds. The molecule has 2 fully saturated rings. The zero-order chi connectivity index (χ0) is 25.6. The number of alkyl halides is 3. The number of nitrogens with one attached hydrogen (secondary N) is 2. The van der Waals surface area contributed by atoms with Crippen LogP contribution in [0.4, 0.5) is 27.8 Å². The number of hydrogen-bond donors (Lipinski definition) is 2. The van der Waals surface area contributed by atoms with Crippen LogP contribution in [0.5, 0.6) is 0 Å². The van der Waals surface area contributed by atoms with E-state index in [4.69, 9.17) is 0 Å². The fourth-order valence-corrected chi connectivity index (χ4v) is 4.14. The van der Waals surface area contributed by atoms with Crippen LogP contribution in [0, 0.1) is 11.6 Å². The molecular formula is C23H21F5N6O2. The quantitative estimate of drug-likeness (QED) is 0.479. The molecule has 13 heteroatoms. The normalized spacial score (nSPS) is 16.2. The third-order valence-electron chi connectivity index (χ3n) is 6.09. The van der Waals surface area contributed by atoms with Crippen molar-refractivity contribution in [2.24, 2.45) is 0 Å². The Morgan fingerprint density at radius 2 is 1.81 bits per heavy atom. The molecule has 0 spiro atoms. The molecule has 0 unspecified atom stereocenters. The highest BCUT2D eigenvalue weighted by Crippen LogP contribution is 2.35. The van der Waals surface area contributed by atoms with Crippen molar-refractivity contribution in [2.75, 3.05) is 25.0 Å². The van der Waals surface area contributed by atoms with E-state index in [9.17, 15) is 31.5 Å². The fourth-order valence-electron chi connectivity index (χ4n) is 4.14. The minimum Gasteiger partial charge on any atom is -0.367 e. The Labute approximate surface area is 201 Å². The van der Waals surface area contributed by atoms with Crippen molar-refractivity contribution in [1.82, 2.24) is 25.0 Å². The molecule has 2 N–H and O–H groups in total. The van der Waals surface area contributed by atoms with Gasteiger partial charge >= 0.3 is 6.18 Å². The standard InChI is InChI=1S/C23H21F5N6O2/c24-15-3-4-16(25)21-19(15)20(32-34(21)10-18(35)30-11-23(26,27)28)13-8-33(9-13)22(36)12-5-6-29-17(7-12)31-14-1-2-14/h3-7,13-14H,1-2,8-11H2,(H,29,31)(H,30,35). The smallest absolute Gasteiger partial charge is 0.367 e. The van der Waals surface area contributed by atoms with Gasteiger partial charge in [-0.1, -0.05) is 0 Å². The first-order valence-corrected chi connectivity index (χ1v) is 11.3. The summed E-state index contributed by atoms with van der Waals surface area (Å²) in [6.07, 6.45) is -0.979. The number of aromatic nitrogens is 3. The van der Waals surface area contributed by atoms with E-state index in [1.807, 2.05) is 0 Å². The molecule has 0 radical (unpaired) electrons. The number of carbonyl (C=O) groups excluding carboxylic acids is 2. The highest BCUT2D eigenvalue weighted by Gasteiger charge is 2.37. The molecule has 2 aromatic heterocycles. The van der Waals surface area contributed by atoms with Crippen molar-refractivity contribution in [2.45, 2.75) is 37.5 Å². The van der Waals surface area contributed by atoms with Crippen LogP contribution in [-0.4, -0.2) is 63.3 Å². The van der Waals surface area contributed by atoms with Gasteiger partial charge in [0.1, 0.15) is 36.1 Å². The van der Waals surface area contributed by atoms with Crippen molar-refractivity contribution in [3.05, 3.63) is 53.4 Å². The molecule has 5 rings (SSSR count). The first kappa shape index (κ1) is 23.9. The third-order valence-corrected chi connectivity index (χ3v) is 6.09. The van der Waals surface area contributed by atoms with E-state index in [-0.39, 0.29) is 35.6 Å². The van der Waals surface area contributed by atoms with E-state index >= 15 is 0 Å². The van der Waals surface area contributed by atoms with E-state index in [2.05, 4.69) is 15.4 Å². The second-order valence-electron chi connectivity index (χ2n) is 8.94. The Morgan fingerprint density at radius 1 is 1.08 bits per heavy atom. The van der Waals surface area contributed by atoms with Gasteiger partial charge in [0.25, 0.3) is 5.91 Å². The summed E-state index contributed by atoms with van der Waals surface area (Å²) < 4.78 is 67.4. The van der Waals surface area contributed by atoms with Crippen molar-refractivity contribution in [3.63, 3.8) is 0 Å². The lowest BCUT2D eigenvalue weighted by atomic mass is 9.93. The predicted octanol–water partition coefficient (Wildman–Crippen LogP) is 3.20. The fraction of sp³-hybridized carbons (Fsp3) is 0.391. The molecule has 8 nitrogen and oxygen atoms in total. The largest absolute Gasteiger partial charge is 0.405 e. The highest BCUT2D eigenvalue weighted by atomic mass is 19.4. The van der Waals surface area contributed by atoms with Crippen LogP contribution in [0.2, 0.25) is 0 Å². The van der Waals surface area contributed by atoms with Crippen LogP contribution >= 0.6 is 0 Å². The minimum atomic E-state index is -4.62. The monoisotopic (exact) mass is 508 g/mol. The van der Waals surface area contributed by atoms with Gasteiger partial charge in [0.05, 0.1) is 11.1 Å². The second kappa shape index (κ2) is 9.03. The number of carbonyl (C=O) groups is 2. The zero-order valence-corrected chi connectivity index (χ0v) is 18.8. The van der Waals surface area contributed by atoms with Crippen LogP contribution in [0.1, 0.15) is 34.8 Å². The molecule has 2 aliphatic rings. The van der Waals surface area contributed by atoms with Crippen LogP contribution in [0.3, 0.4) is 0 Å². The average molecular weight is 508 g/mol. The molecule has 190 valence electrons. The van der Waals surface area contributed by atoms with E-state index in [1.54, 1.807) is 17.4 Å². The molecule has 0 atom stereocenters. The number of nitrogens with zero attached hydrogens (tertiary/aromatic N) is 4. The van der Waals surface area contributed by atoms with Crippen LogP contribution in [0.15, 0.2) is 30.5 Å². The summed E-state index contributed by atoms with van der Waals surface area (Å²) in [7, 11) is 0. The second-order valence-corrected chi connectivity index (χ2v) is 8.94. The van der Waals surface area contributed by atoms with Gasteiger partial charge in [-0.05, 0) is 37.1 Å². The van der Waals surface area contributed by atoms with Gasteiger partial charge in [-0.3, -0.25) is 14.3 Å². The molecule has 1 saturated carbocycles. The molecule has 3 aromatic rings. The highest BCUT2D eigenvalue weighted by molar-refractivity contribution is 5.96. The summed E-state index contributed by atoms with van der Waals surface area (Å²) in [6, 6.07) is 5.40. The Hall–Kier alpha value is -3.77. The zero-order valence-electron chi connectivity index (χ0n) is 18.8. The number of halogens is 5.